The van der Waals surface area contributed by atoms with E-state index in [0.717, 1.165) is 11.5 Å². The van der Waals surface area contributed by atoms with Gasteiger partial charge in [-0.05, 0) is 24.9 Å². The lowest BCUT2D eigenvalue weighted by Gasteiger charge is -2.34. The summed E-state index contributed by atoms with van der Waals surface area (Å²) < 4.78 is 3.84. The van der Waals surface area contributed by atoms with E-state index in [-0.39, 0.29) is 11.8 Å². The van der Waals surface area contributed by atoms with Crippen molar-refractivity contribution in [1.29, 1.82) is 0 Å². The van der Waals surface area contributed by atoms with Gasteiger partial charge in [0, 0.05) is 26.2 Å². The van der Waals surface area contributed by atoms with E-state index in [4.69, 9.17) is 0 Å². The van der Waals surface area contributed by atoms with Crippen LogP contribution in [0.5, 0.6) is 0 Å². The van der Waals surface area contributed by atoms with Gasteiger partial charge in [-0.15, -0.1) is 5.10 Å². The molecule has 2 N–H and O–H groups in total. The molecule has 7 nitrogen and oxygen atoms in total. The molecule has 20 heavy (non-hydrogen) atoms. The molecule has 0 spiro atoms. The fourth-order valence-corrected chi connectivity index (χ4v) is 2.91. The van der Waals surface area contributed by atoms with Crippen molar-refractivity contribution in [3.05, 3.63) is 10.6 Å². The zero-order valence-electron chi connectivity index (χ0n) is 11.7. The molecular weight excluding hydrogens is 278 g/mol. The summed E-state index contributed by atoms with van der Waals surface area (Å²) in [6.45, 7) is 6.04. The second-order valence-electron chi connectivity index (χ2n) is 4.52. The number of aromatic nitrogens is 2. The average Bonchev–Trinajstić information content (AvgIpc) is 2.95. The van der Waals surface area contributed by atoms with Crippen molar-refractivity contribution in [1.82, 2.24) is 25.1 Å². The molecule has 2 heterocycles. The quantitative estimate of drug-likeness (QED) is 0.793. The third-order valence-corrected chi connectivity index (χ3v) is 4.00. The van der Waals surface area contributed by atoms with Gasteiger partial charge in [-0.2, -0.15) is 0 Å². The van der Waals surface area contributed by atoms with Crippen molar-refractivity contribution in [2.45, 2.75) is 26.3 Å². The highest BCUT2D eigenvalue weighted by Crippen LogP contribution is 2.17. The maximum atomic E-state index is 12.6. The van der Waals surface area contributed by atoms with E-state index >= 15 is 0 Å². The zero-order valence-corrected chi connectivity index (χ0v) is 12.5. The number of nitrogens with one attached hydrogen (secondary N) is 2. The third kappa shape index (κ3) is 2.96. The molecule has 110 valence electrons. The molecule has 1 aromatic heterocycles. The Kier molecular flexibility index (Phi) is 5.02. The van der Waals surface area contributed by atoms with E-state index in [1.165, 1.54) is 0 Å². The molecular formula is C12H19N5O2S. The number of hydrogen-bond acceptors (Lipinski definition) is 6. The first-order valence-electron chi connectivity index (χ1n) is 6.79. The summed E-state index contributed by atoms with van der Waals surface area (Å²) >= 11 is 1.10. The number of piperazine rings is 1. The van der Waals surface area contributed by atoms with Gasteiger partial charge < -0.3 is 15.5 Å². The molecule has 1 aromatic rings. The number of nitrogens with zero attached hydrogens (tertiary/aromatic N) is 3. The molecule has 0 aromatic carbocycles. The number of carbonyl (C=O) groups excluding carboxylic acids is 2. The number of aryl methyl sites for hydroxylation is 1. The van der Waals surface area contributed by atoms with Gasteiger partial charge in [0.1, 0.15) is 10.9 Å². The molecule has 2 rings (SSSR count). The molecule has 0 bridgehead atoms. The van der Waals surface area contributed by atoms with E-state index < -0.39 is 6.04 Å². The van der Waals surface area contributed by atoms with E-state index in [1.54, 1.807) is 4.90 Å². The normalized spacial score (nSPS) is 18.9. The fourth-order valence-electron chi connectivity index (χ4n) is 2.21. The van der Waals surface area contributed by atoms with Crippen LogP contribution >= 0.6 is 11.5 Å². The van der Waals surface area contributed by atoms with E-state index in [9.17, 15) is 9.59 Å². The molecule has 1 atom stereocenters. The Morgan fingerprint density at radius 2 is 2.30 bits per heavy atom. The van der Waals surface area contributed by atoms with Gasteiger partial charge in [0.2, 0.25) is 5.91 Å². The Bertz CT molecular complexity index is 490. The molecule has 0 saturated carbocycles. The molecule has 8 heteroatoms. The van der Waals surface area contributed by atoms with Crippen LogP contribution in [0.3, 0.4) is 0 Å². The monoisotopic (exact) mass is 297 g/mol. The second kappa shape index (κ2) is 6.76. The topological polar surface area (TPSA) is 87.2 Å². The predicted octanol–water partition coefficient (Wildman–Crippen LogP) is -0.349. The Labute approximate surface area is 121 Å². The van der Waals surface area contributed by atoms with Crippen molar-refractivity contribution in [3.63, 3.8) is 0 Å². The van der Waals surface area contributed by atoms with Crippen LogP contribution in [0.25, 0.3) is 0 Å². The highest BCUT2D eigenvalue weighted by atomic mass is 32.1. The zero-order chi connectivity index (χ0) is 14.5. The van der Waals surface area contributed by atoms with Gasteiger partial charge in [-0.1, -0.05) is 11.4 Å². The lowest BCUT2D eigenvalue weighted by Crippen LogP contribution is -2.59. The number of carbonyl (C=O) groups is 2. The van der Waals surface area contributed by atoms with E-state index in [1.807, 2.05) is 13.8 Å². The first kappa shape index (κ1) is 14.9. The third-order valence-electron chi connectivity index (χ3n) is 3.24. The van der Waals surface area contributed by atoms with Crippen molar-refractivity contribution in [2.75, 3.05) is 26.2 Å². The van der Waals surface area contributed by atoms with E-state index in [2.05, 4.69) is 20.2 Å². The molecule has 1 aliphatic heterocycles. The summed E-state index contributed by atoms with van der Waals surface area (Å²) in [6, 6.07) is -0.469. The number of amides is 2. The first-order valence-corrected chi connectivity index (χ1v) is 7.57. The van der Waals surface area contributed by atoms with Crippen LogP contribution in [0.15, 0.2) is 0 Å². The van der Waals surface area contributed by atoms with Crippen molar-refractivity contribution >= 4 is 23.3 Å². The summed E-state index contributed by atoms with van der Waals surface area (Å²) in [5.74, 6) is -0.266. The molecule has 0 aliphatic carbocycles. The van der Waals surface area contributed by atoms with Crippen LogP contribution in [0.2, 0.25) is 0 Å². The smallest absolute Gasteiger partial charge is 0.268 e. The SMILES string of the molecule is CCNC(=O)C1CNCCN1C(=O)c1snnc1CC. The number of hydrogen-bond donors (Lipinski definition) is 2. The lowest BCUT2D eigenvalue weighted by molar-refractivity contribution is -0.126. The van der Waals surface area contributed by atoms with Crippen LogP contribution in [0, 0.1) is 0 Å². The molecule has 1 fully saturated rings. The van der Waals surface area contributed by atoms with E-state index in [0.29, 0.717) is 43.2 Å². The maximum Gasteiger partial charge on any atom is 0.268 e. The highest BCUT2D eigenvalue weighted by Gasteiger charge is 2.34. The molecule has 2 amide bonds. The summed E-state index contributed by atoms with van der Waals surface area (Å²) in [5.41, 5.74) is 0.702. The van der Waals surface area contributed by atoms with Crippen LogP contribution < -0.4 is 10.6 Å². The number of rotatable bonds is 4. The van der Waals surface area contributed by atoms with Crippen LogP contribution in [-0.2, 0) is 11.2 Å². The van der Waals surface area contributed by atoms with Gasteiger partial charge in [-0.3, -0.25) is 9.59 Å². The maximum absolute atomic E-state index is 12.6. The molecule has 0 radical (unpaired) electrons. The van der Waals surface area contributed by atoms with Gasteiger partial charge >= 0.3 is 0 Å². The van der Waals surface area contributed by atoms with Gasteiger partial charge in [0.15, 0.2) is 0 Å². The fraction of sp³-hybridized carbons (Fsp3) is 0.667. The first-order chi connectivity index (χ1) is 9.69. The highest BCUT2D eigenvalue weighted by molar-refractivity contribution is 7.08. The second-order valence-corrected chi connectivity index (χ2v) is 5.27. The molecule has 1 aliphatic rings. The van der Waals surface area contributed by atoms with Gasteiger partial charge in [0.25, 0.3) is 5.91 Å². The van der Waals surface area contributed by atoms with Crippen molar-refractivity contribution in [2.24, 2.45) is 0 Å². The Balaban J connectivity index is 2.19. The summed E-state index contributed by atoms with van der Waals surface area (Å²) in [5, 5.41) is 9.89. The standard InChI is InChI=1S/C12H19N5O2S/c1-3-8-10(20-16-15-8)12(19)17-6-5-13-7-9(17)11(18)14-4-2/h9,13H,3-7H2,1-2H3,(H,14,18). The predicted molar refractivity (Wildman–Crippen MR) is 75.7 cm³/mol. The summed E-state index contributed by atoms with van der Waals surface area (Å²) in [6.07, 6.45) is 0.662. The lowest BCUT2D eigenvalue weighted by atomic mass is 10.1. The van der Waals surface area contributed by atoms with Gasteiger partial charge in [-0.25, -0.2) is 0 Å². The minimum absolute atomic E-state index is 0.122. The summed E-state index contributed by atoms with van der Waals surface area (Å²) in [4.78, 5) is 26.8. The molecule has 1 unspecified atom stereocenters. The number of likely N-dealkylation sites (N-methyl/N-ethyl adjacent to an activating group) is 1. The Morgan fingerprint density at radius 3 is 3.00 bits per heavy atom. The Hall–Kier alpha value is -1.54. The van der Waals surface area contributed by atoms with Gasteiger partial charge in [0.05, 0.1) is 5.69 Å². The summed E-state index contributed by atoms with van der Waals surface area (Å²) in [7, 11) is 0. The Morgan fingerprint density at radius 1 is 1.50 bits per heavy atom. The minimum Gasteiger partial charge on any atom is -0.355 e. The average molecular weight is 297 g/mol. The minimum atomic E-state index is -0.469. The largest absolute Gasteiger partial charge is 0.355 e. The van der Waals surface area contributed by atoms with Crippen LogP contribution in [0.4, 0.5) is 0 Å². The van der Waals surface area contributed by atoms with Crippen molar-refractivity contribution < 1.29 is 9.59 Å². The van der Waals surface area contributed by atoms with Crippen LogP contribution in [-0.4, -0.2) is 58.5 Å². The van der Waals surface area contributed by atoms with Crippen LogP contribution in [0.1, 0.15) is 29.2 Å². The van der Waals surface area contributed by atoms with Crippen molar-refractivity contribution in [3.8, 4) is 0 Å². The molecule has 1 saturated heterocycles.